The van der Waals surface area contributed by atoms with E-state index in [1.807, 2.05) is 21.5 Å². The van der Waals surface area contributed by atoms with E-state index in [9.17, 15) is 4.79 Å². The Balaban J connectivity index is 1.88. The Hall–Kier alpha value is -2.21. The van der Waals surface area contributed by atoms with Gasteiger partial charge in [0.05, 0.1) is 23.6 Å². The van der Waals surface area contributed by atoms with Gasteiger partial charge in [-0.05, 0) is 31.4 Å². The third-order valence-electron chi connectivity index (χ3n) is 2.96. The number of carbonyl (C=O) groups is 1. The second-order valence-corrected chi connectivity index (χ2v) is 5.57. The maximum atomic E-state index is 12.0. The molecule has 0 saturated carbocycles. The number of fused-ring (bicyclic) bond motifs is 1. The van der Waals surface area contributed by atoms with E-state index in [1.165, 1.54) is 11.3 Å². The number of nitrogens with one attached hydrogen (secondary N) is 1. The van der Waals surface area contributed by atoms with Gasteiger partial charge in [0.25, 0.3) is 5.91 Å². The van der Waals surface area contributed by atoms with E-state index in [1.54, 1.807) is 18.5 Å². The van der Waals surface area contributed by atoms with Gasteiger partial charge in [-0.1, -0.05) is 0 Å². The van der Waals surface area contributed by atoms with Crippen LogP contribution in [0.1, 0.15) is 30.2 Å². The Bertz CT molecular complexity index is 746. The highest BCUT2D eigenvalue weighted by Gasteiger charge is 2.10. The van der Waals surface area contributed by atoms with Crippen molar-refractivity contribution in [2.45, 2.75) is 19.9 Å². The quantitative estimate of drug-likeness (QED) is 0.803. The third kappa shape index (κ3) is 2.30. The summed E-state index contributed by atoms with van der Waals surface area (Å²) in [4.78, 5) is 16.4. The lowest BCUT2D eigenvalue weighted by Crippen LogP contribution is -2.11. The Labute approximate surface area is 120 Å². The Morgan fingerprint density at radius 2 is 2.25 bits per heavy atom. The number of pyridine rings is 1. The normalized spacial score (nSPS) is 11.2. The van der Waals surface area contributed by atoms with Gasteiger partial charge in [0.1, 0.15) is 0 Å². The predicted octanol–water partition coefficient (Wildman–Crippen LogP) is 3.33. The first-order valence-corrected chi connectivity index (χ1v) is 7.26. The molecule has 1 amide bonds. The number of hydrogen-bond donors (Lipinski definition) is 1. The fourth-order valence-electron chi connectivity index (χ4n) is 1.98. The molecule has 20 heavy (non-hydrogen) atoms. The topological polar surface area (TPSA) is 59.8 Å². The van der Waals surface area contributed by atoms with Gasteiger partial charge in [0, 0.05) is 16.8 Å². The summed E-state index contributed by atoms with van der Waals surface area (Å²) in [6.07, 6.45) is 3.43. The second kappa shape index (κ2) is 5.05. The summed E-state index contributed by atoms with van der Waals surface area (Å²) in [7, 11) is 0. The number of rotatable bonds is 3. The average Bonchev–Trinajstić information content (AvgIpc) is 3.07. The molecule has 0 atom stereocenters. The number of amides is 1. The zero-order valence-electron chi connectivity index (χ0n) is 11.2. The highest BCUT2D eigenvalue weighted by molar-refractivity contribution is 7.08. The molecular formula is C14H14N4OS. The van der Waals surface area contributed by atoms with Gasteiger partial charge in [-0.15, -0.1) is 0 Å². The van der Waals surface area contributed by atoms with Crippen molar-refractivity contribution in [1.29, 1.82) is 0 Å². The summed E-state index contributed by atoms with van der Waals surface area (Å²) in [5.74, 6) is -0.122. The average molecular weight is 286 g/mol. The smallest absolute Gasteiger partial charge is 0.256 e. The number of carbonyl (C=O) groups excluding carboxylic acids is 1. The Morgan fingerprint density at radius 3 is 2.95 bits per heavy atom. The van der Waals surface area contributed by atoms with Gasteiger partial charge < -0.3 is 5.32 Å². The van der Waals surface area contributed by atoms with Crippen LogP contribution in [0.15, 0.2) is 35.3 Å². The summed E-state index contributed by atoms with van der Waals surface area (Å²) in [6, 6.07) is 3.94. The van der Waals surface area contributed by atoms with Crippen LogP contribution < -0.4 is 5.32 Å². The third-order valence-corrected chi connectivity index (χ3v) is 3.65. The molecule has 0 aromatic carbocycles. The standard InChI is InChI=1S/C14H14N4OS/c1-9(2)18-13-11(6-16-18)5-12(7-15-13)17-14(19)10-3-4-20-8-10/h3-9H,1-2H3,(H,17,19). The van der Waals surface area contributed by atoms with Crippen LogP contribution in [0.25, 0.3) is 11.0 Å². The van der Waals surface area contributed by atoms with Gasteiger partial charge in [-0.25, -0.2) is 9.67 Å². The molecule has 3 aromatic rings. The van der Waals surface area contributed by atoms with Crippen molar-refractivity contribution in [1.82, 2.24) is 14.8 Å². The van der Waals surface area contributed by atoms with Gasteiger partial charge in [-0.3, -0.25) is 4.79 Å². The molecule has 0 aliphatic carbocycles. The summed E-state index contributed by atoms with van der Waals surface area (Å²) >= 11 is 1.50. The maximum Gasteiger partial charge on any atom is 0.256 e. The number of aromatic nitrogens is 3. The van der Waals surface area contributed by atoms with Crippen molar-refractivity contribution < 1.29 is 4.79 Å². The molecule has 1 N–H and O–H groups in total. The van der Waals surface area contributed by atoms with Crippen molar-refractivity contribution in [2.75, 3.05) is 5.32 Å². The zero-order valence-corrected chi connectivity index (χ0v) is 12.0. The fraction of sp³-hybridized carbons (Fsp3) is 0.214. The zero-order chi connectivity index (χ0) is 14.1. The summed E-state index contributed by atoms with van der Waals surface area (Å²) in [5.41, 5.74) is 2.17. The molecule has 0 aliphatic rings. The molecule has 0 fully saturated rings. The largest absolute Gasteiger partial charge is 0.321 e. The van der Waals surface area contributed by atoms with Crippen LogP contribution in [0.3, 0.4) is 0 Å². The first kappa shape index (κ1) is 12.8. The second-order valence-electron chi connectivity index (χ2n) is 4.79. The number of thiophene rings is 1. The molecule has 0 radical (unpaired) electrons. The molecule has 0 saturated heterocycles. The molecule has 6 heteroatoms. The summed E-state index contributed by atoms with van der Waals surface area (Å²) < 4.78 is 1.86. The van der Waals surface area contributed by atoms with Crippen molar-refractivity contribution in [3.05, 3.63) is 40.8 Å². The van der Waals surface area contributed by atoms with Gasteiger partial charge in [0.15, 0.2) is 5.65 Å². The number of anilines is 1. The predicted molar refractivity (Wildman–Crippen MR) is 80.2 cm³/mol. The number of nitrogens with zero attached hydrogens (tertiary/aromatic N) is 3. The van der Waals surface area contributed by atoms with Crippen LogP contribution in [-0.4, -0.2) is 20.7 Å². The first-order chi connectivity index (χ1) is 9.65. The van der Waals surface area contributed by atoms with E-state index in [0.717, 1.165) is 11.0 Å². The van der Waals surface area contributed by atoms with E-state index in [4.69, 9.17) is 0 Å². The van der Waals surface area contributed by atoms with Crippen LogP contribution >= 0.6 is 11.3 Å². The van der Waals surface area contributed by atoms with Crippen LogP contribution in [-0.2, 0) is 0 Å². The Kier molecular flexibility index (Phi) is 3.23. The van der Waals surface area contributed by atoms with Gasteiger partial charge in [-0.2, -0.15) is 16.4 Å². The van der Waals surface area contributed by atoms with Gasteiger partial charge in [0.2, 0.25) is 0 Å². The van der Waals surface area contributed by atoms with Crippen molar-refractivity contribution in [3.63, 3.8) is 0 Å². The van der Waals surface area contributed by atoms with E-state index >= 15 is 0 Å². The monoisotopic (exact) mass is 286 g/mol. The van der Waals surface area contributed by atoms with Crippen LogP contribution in [0.5, 0.6) is 0 Å². The van der Waals surface area contributed by atoms with Crippen LogP contribution in [0.4, 0.5) is 5.69 Å². The lowest BCUT2D eigenvalue weighted by molar-refractivity contribution is 0.102. The van der Waals surface area contributed by atoms with Crippen molar-refractivity contribution in [2.24, 2.45) is 0 Å². The minimum Gasteiger partial charge on any atom is -0.321 e. The molecular weight excluding hydrogens is 272 g/mol. The van der Waals surface area contributed by atoms with Crippen LogP contribution in [0, 0.1) is 0 Å². The maximum absolute atomic E-state index is 12.0. The van der Waals surface area contributed by atoms with Crippen LogP contribution in [0.2, 0.25) is 0 Å². The summed E-state index contributed by atoms with van der Waals surface area (Å²) in [5, 5.41) is 11.8. The highest BCUT2D eigenvalue weighted by atomic mass is 32.1. The van der Waals surface area contributed by atoms with E-state index < -0.39 is 0 Å². The van der Waals surface area contributed by atoms with E-state index in [0.29, 0.717) is 11.3 Å². The van der Waals surface area contributed by atoms with Crippen molar-refractivity contribution >= 4 is 34.0 Å². The molecule has 0 spiro atoms. The molecule has 0 bridgehead atoms. The van der Waals surface area contributed by atoms with E-state index in [2.05, 4.69) is 29.2 Å². The summed E-state index contributed by atoms with van der Waals surface area (Å²) in [6.45, 7) is 4.11. The minimum atomic E-state index is -0.122. The SMILES string of the molecule is CC(C)n1ncc2cc(NC(=O)c3ccsc3)cnc21. The molecule has 3 heterocycles. The molecule has 3 rings (SSSR count). The van der Waals surface area contributed by atoms with Crippen molar-refractivity contribution in [3.8, 4) is 0 Å². The first-order valence-electron chi connectivity index (χ1n) is 6.32. The lowest BCUT2D eigenvalue weighted by Gasteiger charge is -2.07. The lowest BCUT2D eigenvalue weighted by atomic mass is 10.3. The van der Waals surface area contributed by atoms with Gasteiger partial charge >= 0.3 is 0 Å². The highest BCUT2D eigenvalue weighted by Crippen LogP contribution is 2.19. The molecule has 0 unspecified atom stereocenters. The Morgan fingerprint density at radius 1 is 1.40 bits per heavy atom. The molecule has 0 aliphatic heterocycles. The molecule has 102 valence electrons. The minimum absolute atomic E-state index is 0.122. The number of hydrogen-bond acceptors (Lipinski definition) is 4. The fourth-order valence-corrected chi connectivity index (χ4v) is 2.62. The van der Waals surface area contributed by atoms with E-state index in [-0.39, 0.29) is 11.9 Å². The molecule has 5 nitrogen and oxygen atoms in total. The molecule has 3 aromatic heterocycles.